The van der Waals surface area contributed by atoms with E-state index < -0.39 is 0 Å². The Labute approximate surface area is 156 Å². The summed E-state index contributed by atoms with van der Waals surface area (Å²) in [4.78, 5) is 0. The van der Waals surface area contributed by atoms with E-state index in [-0.39, 0.29) is 0 Å². The Morgan fingerprint density at radius 3 is 2.00 bits per heavy atom. The third-order valence-electron chi connectivity index (χ3n) is 4.73. The molecule has 0 atom stereocenters. The average Bonchev–Trinajstić information content (AvgIpc) is 3.18. The molecule has 0 N–H and O–H groups in total. The maximum absolute atomic E-state index is 6.30. The van der Waals surface area contributed by atoms with Gasteiger partial charge >= 0.3 is 0 Å². The monoisotopic (exact) mass is 354 g/mol. The van der Waals surface area contributed by atoms with Crippen LogP contribution in [0, 0.1) is 0 Å². The molecule has 2 nitrogen and oxygen atoms in total. The first-order valence-corrected chi connectivity index (χ1v) is 8.90. The maximum atomic E-state index is 6.30. The Hall–Kier alpha value is -3.10. The Morgan fingerprint density at radius 1 is 0.654 bits per heavy atom. The SMILES string of the molecule is Clc1ccc2c(-c3ccccc3)c(-c3ccccc3)c3ccnn3c2c1. The van der Waals surface area contributed by atoms with Gasteiger partial charge in [-0.2, -0.15) is 5.10 Å². The maximum Gasteiger partial charge on any atom is 0.0753 e. The first kappa shape index (κ1) is 15.2. The summed E-state index contributed by atoms with van der Waals surface area (Å²) >= 11 is 6.30. The lowest BCUT2D eigenvalue weighted by molar-refractivity contribution is 1.01. The zero-order valence-corrected chi connectivity index (χ0v) is 14.7. The summed E-state index contributed by atoms with van der Waals surface area (Å²) in [5, 5.41) is 6.41. The van der Waals surface area contributed by atoms with Crippen molar-refractivity contribution in [3.8, 4) is 22.3 Å². The normalized spacial score (nSPS) is 11.3. The van der Waals surface area contributed by atoms with Crippen LogP contribution < -0.4 is 0 Å². The van der Waals surface area contributed by atoms with Gasteiger partial charge in [0, 0.05) is 21.5 Å². The highest BCUT2D eigenvalue weighted by Crippen LogP contribution is 2.41. The van der Waals surface area contributed by atoms with Crippen molar-refractivity contribution in [2.45, 2.75) is 0 Å². The Balaban J connectivity index is 2.04. The van der Waals surface area contributed by atoms with Crippen molar-refractivity contribution < 1.29 is 0 Å². The average molecular weight is 355 g/mol. The van der Waals surface area contributed by atoms with Crippen molar-refractivity contribution in [2.24, 2.45) is 0 Å². The summed E-state index contributed by atoms with van der Waals surface area (Å²) in [6.45, 7) is 0. The van der Waals surface area contributed by atoms with E-state index in [0.29, 0.717) is 5.02 Å². The van der Waals surface area contributed by atoms with Crippen LogP contribution in [-0.4, -0.2) is 9.61 Å². The number of halogens is 1. The number of rotatable bonds is 2. The van der Waals surface area contributed by atoms with Gasteiger partial charge in [0.05, 0.1) is 17.2 Å². The molecule has 0 saturated heterocycles. The third-order valence-corrected chi connectivity index (χ3v) is 4.97. The smallest absolute Gasteiger partial charge is 0.0753 e. The minimum absolute atomic E-state index is 0.709. The molecule has 0 fully saturated rings. The first-order valence-electron chi connectivity index (χ1n) is 8.53. The molecule has 26 heavy (non-hydrogen) atoms. The van der Waals surface area contributed by atoms with E-state index in [9.17, 15) is 0 Å². The third kappa shape index (κ3) is 2.31. The molecule has 0 amide bonds. The van der Waals surface area contributed by atoms with Crippen molar-refractivity contribution >= 4 is 28.0 Å². The van der Waals surface area contributed by atoms with E-state index in [1.54, 1.807) is 0 Å². The number of hydrogen-bond acceptors (Lipinski definition) is 1. The zero-order valence-electron chi connectivity index (χ0n) is 13.9. The van der Waals surface area contributed by atoms with Crippen molar-refractivity contribution in [1.29, 1.82) is 0 Å². The van der Waals surface area contributed by atoms with Crippen LogP contribution in [0.25, 0.3) is 38.7 Å². The molecule has 5 aromatic rings. The molecular weight excluding hydrogens is 340 g/mol. The quantitative estimate of drug-likeness (QED) is 0.355. The standard InChI is InChI=1S/C23H15ClN2/c24-18-11-12-19-21(15-18)26-20(13-14-25-26)23(17-9-5-2-6-10-17)22(19)16-7-3-1-4-8-16/h1-15H. The van der Waals surface area contributed by atoms with Crippen LogP contribution >= 0.6 is 11.6 Å². The molecular formula is C23H15ClN2. The van der Waals surface area contributed by atoms with Crippen LogP contribution in [0.2, 0.25) is 5.02 Å². The molecule has 2 heterocycles. The van der Waals surface area contributed by atoms with Crippen LogP contribution in [0.1, 0.15) is 0 Å². The summed E-state index contributed by atoms with van der Waals surface area (Å²) in [5.74, 6) is 0. The van der Waals surface area contributed by atoms with Gasteiger partial charge < -0.3 is 0 Å². The topological polar surface area (TPSA) is 17.3 Å². The second kappa shape index (κ2) is 6.01. The summed E-state index contributed by atoms with van der Waals surface area (Å²) in [5.41, 5.74) is 6.83. The highest BCUT2D eigenvalue weighted by Gasteiger charge is 2.18. The van der Waals surface area contributed by atoms with Gasteiger partial charge in [-0.25, -0.2) is 4.52 Å². The van der Waals surface area contributed by atoms with Crippen molar-refractivity contribution in [3.05, 3.63) is 96.1 Å². The second-order valence-corrected chi connectivity index (χ2v) is 6.71. The van der Waals surface area contributed by atoms with Crippen LogP contribution in [0.15, 0.2) is 91.1 Å². The van der Waals surface area contributed by atoms with E-state index in [4.69, 9.17) is 11.6 Å². The van der Waals surface area contributed by atoms with Crippen molar-refractivity contribution in [1.82, 2.24) is 9.61 Å². The number of hydrogen-bond donors (Lipinski definition) is 0. The predicted molar refractivity (Wildman–Crippen MR) is 109 cm³/mol. The minimum Gasteiger partial charge on any atom is -0.232 e. The largest absolute Gasteiger partial charge is 0.232 e. The number of benzene rings is 3. The fourth-order valence-corrected chi connectivity index (χ4v) is 3.81. The van der Waals surface area contributed by atoms with Gasteiger partial charge in [0.25, 0.3) is 0 Å². The van der Waals surface area contributed by atoms with Crippen LogP contribution in [0.4, 0.5) is 0 Å². The highest BCUT2D eigenvalue weighted by atomic mass is 35.5. The number of aromatic nitrogens is 2. The first-order chi connectivity index (χ1) is 12.8. The summed E-state index contributed by atoms with van der Waals surface area (Å²) in [6.07, 6.45) is 1.84. The molecule has 0 saturated carbocycles. The molecule has 3 heteroatoms. The van der Waals surface area contributed by atoms with Gasteiger partial charge in [0.2, 0.25) is 0 Å². The Bertz CT molecular complexity index is 1230. The molecule has 124 valence electrons. The van der Waals surface area contributed by atoms with Crippen LogP contribution in [0.5, 0.6) is 0 Å². The van der Waals surface area contributed by atoms with E-state index in [2.05, 4.69) is 65.8 Å². The summed E-state index contributed by atoms with van der Waals surface area (Å²) in [7, 11) is 0. The molecule has 2 aromatic heterocycles. The highest BCUT2D eigenvalue weighted by molar-refractivity contribution is 6.31. The number of fused-ring (bicyclic) bond motifs is 3. The van der Waals surface area contributed by atoms with Gasteiger partial charge in [0.15, 0.2) is 0 Å². The van der Waals surface area contributed by atoms with Crippen molar-refractivity contribution in [3.63, 3.8) is 0 Å². The molecule has 0 aliphatic heterocycles. The van der Waals surface area contributed by atoms with Gasteiger partial charge in [-0.15, -0.1) is 0 Å². The Morgan fingerprint density at radius 2 is 1.31 bits per heavy atom. The number of nitrogens with zero attached hydrogens (tertiary/aromatic N) is 2. The lowest BCUT2D eigenvalue weighted by atomic mass is 9.91. The fraction of sp³-hybridized carbons (Fsp3) is 0. The molecule has 3 aromatic carbocycles. The molecule has 5 rings (SSSR count). The van der Waals surface area contributed by atoms with E-state index in [1.807, 2.05) is 35.0 Å². The lowest BCUT2D eigenvalue weighted by Gasteiger charge is -2.17. The summed E-state index contributed by atoms with van der Waals surface area (Å²) in [6, 6.07) is 29.1. The van der Waals surface area contributed by atoms with Gasteiger partial charge in [-0.3, -0.25) is 0 Å². The molecule has 0 aliphatic rings. The molecule has 0 spiro atoms. The zero-order chi connectivity index (χ0) is 17.5. The van der Waals surface area contributed by atoms with E-state index >= 15 is 0 Å². The van der Waals surface area contributed by atoms with Crippen LogP contribution in [0.3, 0.4) is 0 Å². The fourth-order valence-electron chi connectivity index (χ4n) is 3.64. The predicted octanol–water partition coefficient (Wildman–Crippen LogP) is 6.47. The van der Waals surface area contributed by atoms with Gasteiger partial charge in [-0.1, -0.05) is 78.3 Å². The Kier molecular flexibility index (Phi) is 3.51. The minimum atomic E-state index is 0.709. The van der Waals surface area contributed by atoms with E-state index in [1.165, 1.54) is 22.3 Å². The summed E-state index contributed by atoms with van der Waals surface area (Å²) < 4.78 is 1.98. The second-order valence-electron chi connectivity index (χ2n) is 6.27. The van der Waals surface area contributed by atoms with Crippen molar-refractivity contribution in [2.75, 3.05) is 0 Å². The van der Waals surface area contributed by atoms with Gasteiger partial charge in [0.1, 0.15) is 0 Å². The molecule has 0 unspecified atom stereocenters. The number of pyridine rings is 1. The van der Waals surface area contributed by atoms with Crippen LogP contribution in [-0.2, 0) is 0 Å². The molecule has 0 bridgehead atoms. The van der Waals surface area contributed by atoms with Gasteiger partial charge in [-0.05, 0) is 29.3 Å². The van der Waals surface area contributed by atoms with E-state index in [0.717, 1.165) is 16.4 Å². The molecule has 0 aliphatic carbocycles. The molecule has 0 radical (unpaired) electrons. The lowest BCUT2D eigenvalue weighted by Crippen LogP contribution is -1.97.